The molecule has 3 nitrogen and oxygen atoms in total. The van der Waals surface area contributed by atoms with Gasteiger partial charge in [0.15, 0.2) is 0 Å². The summed E-state index contributed by atoms with van der Waals surface area (Å²) < 4.78 is 2.12. The molecule has 110 valence electrons. The number of nitrogens with one attached hydrogen (secondary N) is 1. The minimum Gasteiger partial charge on any atom is -0.309 e. The molecule has 19 heavy (non-hydrogen) atoms. The molecule has 1 unspecified atom stereocenters. The monoisotopic (exact) mass is 265 g/mol. The molecular weight excluding hydrogens is 234 g/mol. The third kappa shape index (κ3) is 5.77. The van der Waals surface area contributed by atoms with Gasteiger partial charge in [0.25, 0.3) is 0 Å². The highest BCUT2D eigenvalue weighted by Crippen LogP contribution is 2.14. The van der Waals surface area contributed by atoms with Crippen LogP contribution in [0.1, 0.15) is 72.0 Å². The molecule has 1 N–H and O–H groups in total. The maximum absolute atomic E-state index is 4.67. The van der Waals surface area contributed by atoms with Crippen molar-refractivity contribution in [3.8, 4) is 0 Å². The van der Waals surface area contributed by atoms with Crippen molar-refractivity contribution in [1.82, 2.24) is 15.1 Å². The van der Waals surface area contributed by atoms with Gasteiger partial charge in [-0.1, -0.05) is 27.7 Å². The van der Waals surface area contributed by atoms with Crippen molar-refractivity contribution >= 4 is 0 Å². The Labute approximate surface area is 118 Å². The molecule has 1 heterocycles. The summed E-state index contributed by atoms with van der Waals surface area (Å²) in [5.41, 5.74) is 1.16. The lowest BCUT2D eigenvalue weighted by atomic mass is 10.0. The highest BCUT2D eigenvalue weighted by Gasteiger charge is 2.09. The van der Waals surface area contributed by atoms with Crippen LogP contribution in [0.4, 0.5) is 0 Å². The van der Waals surface area contributed by atoms with E-state index in [1.165, 1.54) is 12.8 Å². The zero-order chi connectivity index (χ0) is 14.3. The summed E-state index contributed by atoms with van der Waals surface area (Å²) in [6, 6.07) is 3.26. The summed E-state index contributed by atoms with van der Waals surface area (Å²) in [5, 5.41) is 8.24. The number of nitrogens with zero attached hydrogens (tertiary/aromatic N) is 2. The highest BCUT2D eigenvalue weighted by molar-refractivity contribution is 4.99. The van der Waals surface area contributed by atoms with E-state index in [9.17, 15) is 0 Å². The molecule has 1 rings (SSSR count). The molecule has 0 aliphatic rings. The predicted molar refractivity (Wildman–Crippen MR) is 82.2 cm³/mol. The summed E-state index contributed by atoms with van der Waals surface area (Å²) in [6.07, 6.45) is 6.94. The molecule has 0 bridgehead atoms. The molecule has 0 saturated carbocycles. The summed E-state index contributed by atoms with van der Waals surface area (Å²) in [6.45, 7) is 12.2. The Morgan fingerprint density at radius 1 is 1.16 bits per heavy atom. The Bertz CT molecular complexity index is 340. The van der Waals surface area contributed by atoms with Crippen LogP contribution < -0.4 is 5.32 Å². The quantitative estimate of drug-likeness (QED) is 0.726. The molecule has 1 aromatic rings. The van der Waals surface area contributed by atoms with Crippen LogP contribution in [0.15, 0.2) is 12.3 Å². The van der Waals surface area contributed by atoms with Gasteiger partial charge < -0.3 is 5.32 Å². The highest BCUT2D eigenvalue weighted by atomic mass is 15.3. The average molecular weight is 265 g/mol. The van der Waals surface area contributed by atoms with Crippen molar-refractivity contribution in [2.24, 2.45) is 5.92 Å². The van der Waals surface area contributed by atoms with Gasteiger partial charge in [-0.3, -0.25) is 4.68 Å². The zero-order valence-electron chi connectivity index (χ0n) is 13.3. The van der Waals surface area contributed by atoms with Crippen LogP contribution in [0.2, 0.25) is 0 Å². The topological polar surface area (TPSA) is 29.9 Å². The van der Waals surface area contributed by atoms with Crippen LogP contribution in [0.3, 0.4) is 0 Å². The summed E-state index contributed by atoms with van der Waals surface area (Å²) in [5.74, 6) is 0.790. The molecule has 0 fully saturated rings. The lowest BCUT2D eigenvalue weighted by Gasteiger charge is -2.14. The smallest absolute Gasteiger partial charge is 0.0762 e. The van der Waals surface area contributed by atoms with Crippen molar-refractivity contribution in [3.05, 3.63) is 18.0 Å². The zero-order valence-corrected chi connectivity index (χ0v) is 13.3. The molecule has 1 atom stereocenters. The van der Waals surface area contributed by atoms with E-state index < -0.39 is 0 Å². The van der Waals surface area contributed by atoms with Gasteiger partial charge >= 0.3 is 0 Å². The average Bonchev–Trinajstić information content (AvgIpc) is 2.84. The van der Waals surface area contributed by atoms with Crippen LogP contribution in [0.5, 0.6) is 0 Å². The minimum atomic E-state index is 0.548. The molecule has 0 aliphatic carbocycles. The lowest BCUT2D eigenvalue weighted by molar-refractivity contribution is 0.418. The first-order valence-corrected chi connectivity index (χ1v) is 7.84. The first-order valence-electron chi connectivity index (χ1n) is 7.84. The number of hydrogen-bond acceptors (Lipinski definition) is 2. The maximum Gasteiger partial charge on any atom is 0.0762 e. The van der Waals surface area contributed by atoms with Crippen molar-refractivity contribution < 1.29 is 0 Å². The van der Waals surface area contributed by atoms with Gasteiger partial charge in [0.2, 0.25) is 0 Å². The second-order valence-corrected chi connectivity index (χ2v) is 6.01. The third-order valence-corrected chi connectivity index (χ3v) is 3.79. The van der Waals surface area contributed by atoms with Crippen molar-refractivity contribution in [2.45, 2.75) is 78.9 Å². The van der Waals surface area contributed by atoms with E-state index in [2.05, 4.69) is 62.0 Å². The second-order valence-electron chi connectivity index (χ2n) is 6.01. The standard InChI is InChI=1S/C16H31N3/c1-6-16(7-2)19-11-10-15(18-19)12-17-14(5)9-8-13(3)4/h10-11,13-14,16-17H,6-9,12H2,1-5H3. The molecule has 1 aromatic heterocycles. The van der Waals surface area contributed by atoms with Crippen molar-refractivity contribution in [2.75, 3.05) is 0 Å². The fourth-order valence-corrected chi connectivity index (χ4v) is 2.30. The van der Waals surface area contributed by atoms with Crippen LogP contribution in [-0.4, -0.2) is 15.8 Å². The molecule has 3 heteroatoms. The number of rotatable bonds is 9. The Morgan fingerprint density at radius 3 is 2.42 bits per heavy atom. The molecular formula is C16H31N3. The summed E-state index contributed by atoms with van der Waals surface area (Å²) >= 11 is 0. The maximum atomic E-state index is 4.67. The van der Waals surface area contributed by atoms with Crippen LogP contribution in [0.25, 0.3) is 0 Å². The van der Waals surface area contributed by atoms with Crippen molar-refractivity contribution in [1.29, 1.82) is 0 Å². The van der Waals surface area contributed by atoms with Gasteiger partial charge in [-0.05, 0) is 44.6 Å². The summed E-state index contributed by atoms with van der Waals surface area (Å²) in [4.78, 5) is 0. The fourth-order valence-electron chi connectivity index (χ4n) is 2.30. The van der Waals surface area contributed by atoms with E-state index in [1.54, 1.807) is 0 Å². The van der Waals surface area contributed by atoms with E-state index in [0.717, 1.165) is 31.0 Å². The van der Waals surface area contributed by atoms with Crippen molar-refractivity contribution in [3.63, 3.8) is 0 Å². The molecule has 0 radical (unpaired) electrons. The SMILES string of the molecule is CCC(CC)n1ccc(CNC(C)CCC(C)C)n1. The van der Waals surface area contributed by atoms with E-state index >= 15 is 0 Å². The van der Waals surface area contributed by atoms with Gasteiger partial charge in [-0.15, -0.1) is 0 Å². The van der Waals surface area contributed by atoms with Gasteiger partial charge in [-0.25, -0.2) is 0 Å². The minimum absolute atomic E-state index is 0.548. The molecule has 0 saturated heterocycles. The number of aromatic nitrogens is 2. The predicted octanol–water partition coefficient (Wildman–Crippen LogP) is 4.16. The van der Waals surface area contributed by atoms with Gasteiger partial charge in [0.1, 0.15) is 0 Å². The normalized spacial score (nSPS) is 13.4. The van der Waals surface area contributed by atoms with Gasteiger partial charge in [0.05, 0.1) is 11.7 Å². The Balaban J connectivity index is 2.37. The summed E-state index contributed by atoms with van der Waals surface area (Å²) in [7, 11) is 0. The Morgan fingerprint density at radius 2 is 1.84 bits per heavy atom. The fraction of sp³-hybridized carbons (Fsp3) is 0.812. The van der Waals surface area contributed by atoms with E-state index in [-0.39, 0.29) is 0 Å². The van der Waals surface area contributed by atoms with E-state index in [4.69, 9.17) is 0 Å². The lowest BCUT2D eigenvalue weighted by Crippen LogP contribution is -2.26. The van der Waals surface area contributed by atoms with E-state index in [0.29, 0.717) is 12.1 Å². The third-order valence-electron chi connectivity index (χ3n) is 3.79. The molecule has 0 amide bonds. The van der Waals surface area contributed by atoms with Crippen LogP contribution in [-0.2, 0) is 6.54 Å². The largest absolute Gasteiger partial charge is 0.309 e. The molecule has 0 aliphatic heterocycles. The molecule has 0 spiro atoms. The van der Waals surface area contributed by atoms with Gasteiger partial charge in [-0.2, -0.15) is 5.10 Å². The van der Waals surface area contributed by atoms with E-state index in [1.807, 2.05) is 0 Å². The Hall–Kier alpha value is -0.830. The second kappa shape index (κ2) is 8.36. The number of hydrogen-bond donors (Lipinski definition) is 1. The Kier molecular flexibility index (Phi) is 7.14. The van der Waals surface area contributed by atoms with Gasteiger partial charge in [0, 0.05) is 18.8 Å². The van der Waals surface area contributed by atoms with Crippen LogP contribution >= 0.6 is 0 Å². The first-order chi connectivity index (χ1) is 9.06. The molecule has 0 aromatic carbocycles. The first kappa shape index (κ1) is 16.2. The van der Waals surface area contributed by atoms with Crippen LogP contribution in [0, 0.1) is 5.92 Å².